The van der Waals surface area contributed by atoms with Crippen molar-refractivity contribution >= 4 is 11.9 Å². The van der Waals surface area contributed by atoms with Gasteiger partial charge < -0.3 is 16.2 Å². The molecule has 0 aliphatic carbocycles. The average molecular weight is 320 g/mol. The van der Waals surface area contributed by atoms with Gasteiger partial charge in [0.1, 0.15) is 0 Å². The van der Waals surface area contributed by atoms with Crippen molar-refractivity contribution < 1.29 is 27.9 Å². The summed E-state index contributed by atoms with van der Waals surface area (Å²) in [4.78, 5) is 20.3. The molecule has 1 unspecified atom stereocenters. The predicted octanol–water partition coefficient (Wildman–Crippen LogP) is 2.24. The summed E-state index contributed by atoms with van der Waals surface area (Å²) in [5.41, 5.74) is 6.47. The molecule has 4 N–H and O–H groups in total. The van der Waals surface area contributed by atoms with Gasteiger partial charge in [0.2, 0.25) is 5.91 Å². The molecule has 1 rings (SSSR count). The molecule has 0 spiro atoms. The van der Waals surface area contributed by atoms with E-state index in [0.29, 0.717) is 13.0 Å². The SMILES string of the molecule is CCC(NC(=O)CCN)c1ccccc1.O=C(O)C(F)(F)F. The summed E-state index contributed by atoms with van der Waals surface area (Å²) >= 11 is 0. The third-order valence-electron chi connectivity index (χ3n) is 2.56. The van der Waals surface area contributed by atoms with Gasteiger partial charge >= 0.3 is 12.1 Å². The molecule has 0 aliphatic heterocycles. The van der Waals surface area contributed by atoms with Crippen LogP contribution in [0, 0.1) is 0 Å². The van der Waals surface area contributed by atoms with E-state index in [-0.39, 0.29) is 11.9 Å². The van der Waals surface area contributed by atoms with E-state index in [9.17, 15) is 18.0 Å². The zero-order chi connectivity index (χ0) is 17.2. The van der Waals surface area contributed by atoms with E-state index in [2.05, 4.69) is 12.2 Å². The van der Waals surface area contributed by atoms with E-state index in [0.717, 1.165) is 12.0 Å². The van der Waals surface area contributed by atoms with E-state index >= 15 is 0 Å². The van der Waals surface area contributed by atoms with Crippen molar-refractivity contribution in [2.45, 2.75) is 32.0 Å². The maximum Gasteiger partial charge on any atom is 0.490 e. The number of carboxylic acids is 1. The maximum atomic E-state index is 11.4. The van der Waals surface area contributed by atoms with E-state index in [4.69, 9.17) is 15.6 Å². The highest BCUT2D eigenvalue weighted by molar-refractivity contribution is 5.76. The fraction of sp³-hybridized carbons (Fsp3) is 0.429. The highest BCUT2D eigenvalue weighted by atomic mass is 19.4. The Hall–Kier alpha value is -2.09. The Morgan fingerprint density at radius 1 is 1.27 bits per heavy atom. The summed E-state index contributed by atoms with van der Waals surface area (Å²) in [5, 5.41) is 10.1. The van der Waals surface area contributed by atoms with E-state index in [1.807, 2.05) is 30.3 Å². The van der Waals surface area contributed by atoms with Gasteiger partial charge in [0.25, 0.3) is 0 Å². The van der Waals surface area contributed by atoms with Crippen LogP contribution in [0.5, 0.6) is 0 Å². The van der Waals surface area contributed by atoms with Crippen LogP contribution in [0.25, 0.3) is 0 Å². The molecular weight excluding hydrogens is 301 g/mol. The minimum atomic E-state index is -5.08. The molecule has 0 aliphatic rings. The van der Waals surface area contributed by atoms with Crippen LogP contribution in [0.1, 0.15) is 31.4 Å². The lowest BCUT2D eigenvalue weighted by molar-refractivity contribution is -0.192. The van der Waals surface area contributed by atoms with Gasteiger partial charge in [0, 0.05) is 13.0 Å². The molecule has 124 valence electrons. The van der Waals surface area contributed by atoms with Crippen LogP contribution in [-0.2, 0) is 9.59 Å². The first-order valence-corrected chi connectivity index (χ1v) is 6.56. The van der Waals surface area contributed by atoms with Gasteiger partial charge in [-0.15, -0.1) is 0 Å². The number of halogens is 3. The van der Waals surface area contributed by atoms with Crippen molar-refractivity contribution in [1.82, 2.24) is 5.32 Å². The number of carboxylic acid groups (broad SMARTS) is 1. The number of hydrogen-bond donors (Lipinski definition) is 3. The number of benzene rings is 1. The number of carbonyl (C=O) groups is 2. The zero-order valence-electron chi connectivity index (χ0n) is 12.1. The summed E-state index contributed by atoms with van der Waals surface area (Å²) in [5.74, 6) is -2.74. The van der Waals surface area contributed by atoms with Gasteiger partial charge in [0.15, 0.2) is 0 Å². The summed E-state index contributed by atoms with van der Waals surface area (Å²) in [6.45, 7) is 2.46. The molecule has 1 atom stereocenters. The minimum Gasteiger partial charge on any atom is -0.475 e. The summed E-state index contributed by atoms with van der Waals surface area (Å²) in [7, 11) is 0. The third-order valence-corrected chi connectivity index (χ3v) is 2.56. The van der Waals surface area contributed by atoms with Gasteiger partial charge in [-0.1, -0.05) is 37.3 Å². The van der Waals surface area contributed by atoms with Crippen LogP contribution in [0.2, 0.25) is 0 Å². The number of amides is 1. The monoisotopic (exact) mass is 320 g/mol. The fourth-order valence-corrected chi connectivity index (χ4v) is 1.50. The van der Waals surface area contributed by atoms with Crippen LogP contribution in [0.15, 0.2) is 30.3 Å². The van der Waals surface area contributed by atoms with Crippen molar-refractivity contribution in [1.29, 1.82) is 0 Å². The number of alkyl halides is 3. The normalized spacial score (nSPS) is 11.9. The molecule has 5 nitrogen and oxygen atoms in total. The molecular formula is C14H19F3N2O3. The third kappa shape index (κ3) is 8.25. The van der Waals surface area contributed by atoms with Crippen LogP contribution < -0.4 is 11.1 Å². The first-order chi connectivity index (χ1) is 10.2. The van der Waals surface area contributed by atoms with Crippen molar-refractivity contribution in [3.8, 4) is 0 Å². The Kier molecular flexibility index (Phi) is 8.85. The van der Waals surface area contributed by atoms with Crippen molar-refractivity contribution in [2.75, 3.05) is 6.54 Å². The maximum absolute atomic E-state index is 11.4. The second kappa shape index (κ2) is 9.78. The lowest BCUT2D eigenvalue weighted by Crippen LogP contribution is -2.29. The van der Waals surface area contributed by atoms with Crippen LogP contribution in [0.4, 0.5) is 13.2 Å². The van der Waals surface area contributed by atoms with E-state index < -0.39 is 12.1 Å². The van der Waals surface area contributed by atoms with Crippen molar-refractivity contribution in [3.63, 3.8) is 0 Å². The number of carbonyl (C=O) groups excluding carboxylic acids is 1. The first kappa shape index (κ1) is 19.9. The van der Waals surface area contributed by atoms with Crippen LogP contribution in [0.3, 0.4) is 0 Å². The second-order valence-electron chi connectivity index (χ2n) is 4.28. The van der Waals surface area contributed by atoms with Gasteiger partial charge in [-0.2, -0.15) is 13.2 Å². The zero-order valence-corrected chi connectivity index (χ0v) is 12.1. The predicted molar refractivity (Wildman–Crippen MR) is 75.0 cm³/mol. The molecule has 1 aromatic carbocycles. The lowest BCUT2D eigenvalue weighted by atomic mass is 10.0. The second-order valence-corrected chi connectivity index (χ2v) is 4.28. The van der Waals surface area contributed by atoms with Crippen molar-refractivity contribution in [2.24, 2.45) is 5.73 Å². The number of nitrogens with one attached hydrogen (secondary N) is 1. The molecule has 0 fully saturated rings. The first-order valence-electron chi connectivity index (χ1n) is 6.56. The summed E-state index contributed by atoms with van der Waals surface area (Å²) < 4.78 is 31.7. The van der Waals surface area contributed by atoms with Gasteiger partial charge in [-0.05, 0) is 12.0 Å². The van der Waals surface area contributed by atoms with E-state index in [1.54, 1.807) is 0 Å². The van der Waals surface area contributed by atoms with Crippen LogP contribution in [-0.4, -0.2) is 29.7 Å². The standard InChI is InChI=1S/C12H18N2O.C2HF3O2/c1-2-11(14-12(15)8-9-13)10-6-4-3-5-7-10;3-2(4,5)1(6)7/h3-7,11H,2,8-9,13H2,1H3,(H,14,15);(H,6,7). The molecule has 0 saturated heterocycles. The Bertz CT molecular complexity index is 464. The molecule has 8 heteroatoms. The number of rotatable bonds is 5. The van der Waals surface area contributed by atoms with Gasteiger partial charge in [-0.3, -0.25) is 4.79 Å². The molecule has 1 aromatic rings. The Labute approximate surface area is 126 Å². The summed E-state index contributed by atoms with van der Waals surface area (Å²) in [6.07, 6.45) is -3.80. The highest BCUT2D eigenvalue weighted by Gasteiger charge is 2.38. The highest BCUT2D eigenvalue weighted by Crippen LogP contribution is 2.15. The largest absolute Gasteiger partial charge is 0.490 e. The molecule has 0 bridgehead atoms. The molecule has 0 heterocycles. The molecule has 0 radical (unpaired) electrons. The molecule has 0 saturated carbocycles. The number of aliphatic carboxylic acids is 1. The molecule has 0 aromatic heterocycles. The average Bonchev–Trinajstić information content (AvgIpc) is 2.45. The fourth-order valence-electron chi connectivity index (χ4n) is 1.50. The van der Waals surface area contributed by atoms with Gasteiger partial charge in [-0.25, -0.2) is 4.79 Å². The summed E-state index contributed by atoms with van der Waals surface area (Å²) in [6, 6.07) is 10.1. The number of hydrogen-bond acceptors (Lipinski definition) is 3. The van der Waals surface area contributed by atoms with Crippen molar-refractivity contribution in [3.05, 3.63) is 35.9 Å². The van der Waals surface area contributed by atoms with Gasteiger partial charge in [0.05, 0.1) is 6.04 Å². The number of nitrogens with two attached hydrogens (primary N) is 1. The molecule has 1 amide bonds. The smallest absolute Gasteiger partial charge is 0.475 e. The Morgan fingerprint density at radius 2 is 1.77 bits per heavy atom. The minimum absolute atomic E-state index is 0.0215. The Morgan fingerprint density at radius 3 is 2.14 bits per heavy atom. The molecule has 22 heavy (non-hydrogen) atoms. The quantitative estimate of drug-likeness (QED) is 0.776. The topological polar surface area (TPSA) is 92.4 Å². The lowest BCUT2D eigenvalue weighted by Gasteiger charge is -2.17. The van der Waals surface area contributed by atoms with E-state index in [1.165, 1.54) is 0 Å². The Balaban J connectivity index is 0.000000534. The van der Waals surface area contributed by atoms with Crippen LogP contribution >= 0.6 is 0 Å².